The first-order chi connectivity index (χ1) is 8.70. The Labute approximate surface area is 113 Å². The number of benzene rings is 1. The van der Waals surface area contributed by atoms with Crippen molar-refractivity contribution in [2.24, 2.45) is 0 Å². The SMILES string of the molecule is COc1cc(C(=O)Cc2ccccc2Br)ncn1. The van der Waals surface area contributed by atoms with E-state index in [0.29, 0.717) is 18.0 Å². The molecule has 0 radical (unpaired) electrons. The van der Waals surface area contributed by atoms with Gasteiger partial charge in [-0.05, 0) is 11.6 Å². The average molecular weight is 307 g/mol. The highest BCUT2D eigenvalue weighted by atomic mass is 79.9. The summed E-state index contributed by atoms with van der Waals surface area (Å²) in [7, 11) is 1.50. The number of methoxy groups -OCH3 is 1. The van der Waals surface area contributed by atoms with Crippen LogP contribution in [0.3, 0.4) is 0 Å². The largest absolute Gasteiger partial charge is 0.481 e. The van der Waals surface area contributed by atoms with Crippen molar-refractivity contribution in [1.82, 2.24) is 9.97 Å². The first-order valence-corrected chi connectivity index (χ1v) is 6.12. The van der Waals surface area contributed by atoms with Crippen LogP contribution in [0.5, 0.6) is 5.88 Å². The van der Waals surface area contributed by atoms with Gasteiger partial charge in [-0.1, -0.05) is 34.1 Å². The highest BCUT2D eigenvalue weighted by molar-refractivity contribution is 9.10. The topological polar surface area (TPSA) is 52.1 Å². The second-order valence-corrected chi connectivity index (χ2v) is 4.49. The van der Waals surface area contributed by atoms with E-state index in [1.165, 1.54) is 13.4 Å². The molecule has 0 saturated heterocycles. The van der Waals surface area contributed by atoms with E-state index in [1.54, 1.807) is 6.07 Å². The van der Waals surface area contributed by atoms with Gasteiger partial charge in [0, 0.05) is 17.0 Å². The van der Waals surface area contributed by atoms with Crippen molar-refractivity contribution >= 4 is 21.7 Å². The van der Waals surface area contributed by atoms with E-state index >= 15 is 0 Å². The molecule has 0 N–H and O–H groups in total. The summed E-state index contributed by atoms with van der Waals surface area (Å²) in [6.07, 6.45) is 1.62. The molecule has 0 fully saturated rings. The number of ketones is 1. The maximum Gasteiger partial charge on any atom is 0.216 e. The molecule has 0 atom stereocenters. The van der Waals surface area contributed by atoms with Gasteiger partial charge in [-0.2, -0.15) is 0 Å². The Balaban J connectivity index is 2.19. The molecular weight excluding hydrogens is 296 g/mol. The predicted octanol–water partition coefficient (Wildman–Crippen LogP) is 2.67. The molecule has 0 amide bonds. The van der Waals surface area contributed by atoms with Crippen LogP contribution in [0.1, 0.15) is 16.1 Å². The summed E-state index contributed by atoms with van der Waals surface area (Å²) < 4.78 is 5.88. The molecule has 0 bridgehead atoms. The molecule has 2 rings (SSSR count). The minimum atomic E-state index is -0.0670. The van der Waals surface area contributed by atoms with E-state index in [9.17, 15) is 4.79 Å². The third kappa shape index (κ3) is 2.92. The second kappa shape index (κ2) is 5.73. The fourth-order valence-electron chi connectivity index (χ4n) is 1.51. The minimum Gasteiger partial charge on any atom is -0.481 e. The zero-order valence-electron chi connectivity index (χ0n) is 9.76. The summed E-state index contributed by atoms with van der Waals surface area (Å²) in [5, 5.41) is 0. The van der Waals surface area contributed by atoms with Gasteiger partial charge in [-0.25, -0.2) is 9.97 Å². The van der Waals surface area contributed by atoms with Crippen molar-refractivity contribution in [3.63, 3.8) is 0 Å². The maximum atomic E-state index is 12.1. The Morgan fingerprint density at radius 2 is 2.11 bits per heavy atom. The van der Waals surface area contributed by atoms with Crippen LogP contribution < -0.4 is 4.74 Å². The molecule has 18 heavy (non-hydrogen) atoms. The molecule has 0 aliphatic carbocycles. The lowest BCUT2D eigenvalue weighted by Crippen LogP contribution is -2.07. The lowest BCUT2D eigenvalue weighted by molar-refractivity contribution is 0.0987. The first-order valence-electron chi connectivity index (χ1n) is 5.33. The molecule has 0 saturated carbocycles. The Kier molecular flexibility index (Phi) is 4.04. The van der Waals surface area contributed by atoms with Crippen molar-refractivity contribution < 1.29 is 9.53 Å². The minimum absolute atomic E-state index is 0.0670. The number of nitrogens with zero attached hydrogens (tertiary/aromatic N) is 2. The van der Waals surface area contributed by atoms with E-state index < -0.39 is 0 Å². The fourth-order valence-corrected chi connectivity index (χ4v) is 1.93. The number of hydrogen-bond acceptors (Lipinski definition) is 4. The van der Waals surface area contributed by atoms with Gasteiger partial charge in [0.2, 0.25) is 5.88 Å². The standard InChI is InChI=1S/C13H11BrN2O2/c1-18-13-7-11(15-8-16-13)12(17)6-9-4-2-3-5-10(9)14/h2-5,7-8H,6H2,1H3. The van der Waals surface area contributed by atoms with E-state index in [0.717, 1.165) is 10.0 Å². The van der Waals surface area contributed by atoms with Gasteiger partial charge in [-0.3, -0.25) is 4.79 Å². The summed E-state index contributed by atoms with van der Waals surface area (Å²) in [5.74, 6) is 0.322. The van der Waals surface area contributed by atoms with Crippen LogP contribution in [0.25, 0.3) is 0 Å². The molecule has 0 unspecified atom stereocenters. The lowest BCUT2D eigenvalue weighted by Gasteiger charge is -2.04. The van der Waals surface area contributed by atoms with Crippen LogP contribution in [-0.2, 0) is 6.42 Å². The fraction of sp³-hybridized carbons (Fsp3) is 0.154. The van der Waals surface area contributed by atoms with Crippen LogP contribution >= 0.6 is 15.9 Å². The monoisotopic (exact) mass is 306 g/mol. The van der Waals surface area contributed by atoms with Gasteiger partial charge in [0.15, 0.2) is 5.78 Å². The Bertz CT molecular complexity index is 572. The molecule has 2 aromatic rings. The van der Waals surface area contributed by atoms with Crippen LogP contribution in [0.2, 0.25) is 0 Å². The number of carbonyl (C=O) groups is 1. The Hall–Kier alpha value is -1.75. The van der Waals surface area contributed by atoms with Gasteiger partial charge in [0.25, 0.3) is 0 Å². The molecular formula is C13H11BrN2O2. The van der Waals surface area contributed by atoms with Gasteiger partial charge in [0.05, 0.1) is 7.11 Å². The van der Waals surface area contributed by atoms with Crippen LogP contribution in [-0.4, -0.2) is 22.9 Å². The van der Waals surface area contributed by atoms with Crippen molar-refractivity contribution in [1.29, 1.82) is 0 Å². The first kappa shape index (κ1) is 12.7. The van der Waals surface area contributed by atoms with Crippen LogP contribution in [0.4, 0.5) is 0 Å². The normalized spacial score (nSPS) is 10.1. The third-order valence-corrected chi connectivity index (χ3v) is 3.22. The summed E-state index contributed by atoms with van der Waals surface area (Å²) in [5.41, 5.74) is 1.29. The number of ether oxygens (including phenoxy) is 1. The summed E-state index contributed by atoms with van der Waals surface area (Å²) in [6.45, 7) is 0. The zero-order valence-corrected chi connectivity index (χ0v) is 11.3. The molecule has 0 aliphatic heterocycles. The predicted molar refractivity (Wildman–Crippen MR) is 70.8 cm³/mol. The Morgan fingerprint density at radius 1 is 1.33 bits per heavy atom. The smallest absolute Gasteiger partial charge is 0.216 e. The zero-order chi connectivity index (χ0) is 13.0. The summed E-state index contributed by atoms with van der Waals surface area (Å²) >= 11 is 3.42. The number of rotatable bonds is 4. The summed E-state index contributed by atoms with van der Waals surface area (Å²) in [4.78, 5) is 19.9. The average Bonchev–Trinajstić information content (AvgIpc) is 2.41. The highest BCUT2D eigenvalue weighted by Crippen LogP contribution is 2.18. The van der Waals surface area contributed by atoms with E-state index in [1.807, 2.05) is 24.3 Å². The molecule has 0 aliphatic rings. The van der Waals surface area contributed by atoms with Gasteiger partial charge >= 0.3 is 0 Å². The molecule has 92 valence electrons. The quantitative estimate of drug-likeness (QED) is 0.815. The molecule has 5 heteroatoms. The molecule has 1 aromatic heterocycles. The molecule has 1 heterocycles. The molecule has 4 nitrogen and oxygen atoms in total. The van der Waals surface area contributed by atoms with Crippen molar-refractivity contribution in [2.75, 3.05) is 7.11 Å². The van der Waals surface area contributed by atoms with Gasteiger partial charge < -0.3 is 4.74 Å². The molecule has 0 spiro atoms. The van der Waals surface area contributed by atoms with Gasteiger partial charge in [0.1, 0.15) is 12.0 Å². The maximum absolute atomic E-state index is 12.1. The van der Waals surface area contributed by atoms with Crippen LogP contribution in [0.15, 0.2) is 41.1 Å². The number of aromatic nitrogens is 2. The van der Waals surface area contributed by atoms with Crippen molar-refractivity contribution in [3.05, 3.63) is 52.4 Å². The van der Waals surface area contributed by atoms with E-state index in [-0.39, 0.29) is 5.78 Å². The Morgan fingerprint density at radius 3 is 2.83 bits per heavy atom. The van der Waals surface area contributed by atoms with Crippen LogP contribution in [0, 0.1) is 0 Å². The highest BCUT2D eigenvalue weighted by Gasteiger charge is 2.11. The van der Waals surface area contributed by atoms with Crippen molar-refractivity contribution in [3.8, 4) is 5.88 Å². The van der Waals surface area contributed by atoms with E-state index in [2.05, 4.69) is 25.9 Å². The number of hydrogen-bond donors (Lipinski definition) is 0. The number of Topliss-reactive ketones (excluding diaryl/α,β-unsaturated/α-hetero) is 1. The summed E-state index contributed by atoms with van der Waals surface area (Å²) in [6, 6.07) is 9.16. The number of halogens is 1. The second-order valence-electron chi connectivity index (χ2n) is 3.64. The lowest BCUT2D eigenvalue weighted by atomic mass is 10.1. The van der Waals surface area contributed by atoms with Gasteiger partial charge in [-0.15, -0.1) is 0 Å². The molecule has 1 aromatic carbocycles. The third-order valence-electron chi connectivity index (χ3n) is 2.45. The van der Waals surface area contributed by atoms with E-state index in [4.69, 9.17) is 4.74 Å². The number of carbonyl (C=O) groups excluding carboxylic acids is 1. The van der Waals surface area contributed by atoms with Crippen molar-refractivity contribution in [2.45, 2.75) is 6.42 Å².